The van der Waals surface area contributed by atoms with Crippen molar-refractivity contribution in [3.63, 3.8) is 0 Å². The molecule has 39 heavy (non-hydrogen) atoms. The van der Waals surface area contributed by atoms with Gasteiger partial charge >= 0.3 is 5.97 Å². The van der Waals surface area contributed by atoms with Crippen LogP contribution < -0.4 is 0 Å². The molecule has 8 nitrogen and oxygen atoms in total. The molecule has 1 aromatic carbocycles. The van der Waals surface area contributed by atoms with Crippen molar-refractivity contribution in [2.45, 2.75) is 44.6 Å². The first-order valence-corrected chi connectivity index (χ1v) is 12.7. The second-order valence-corrected chi connectivity index (χ2v) is 9.86. The molecular weight excluding hydrogens is 504 g/mol. The topological polar surface area (TPSA) is 99.9 Å². The standard InChI is InChI=1S/C29H27F2N5O3/c1-17(23-13-22(30)16-33-29(23)31)39-27(38)14-25-28(34-35-36(25)2)24-9-8-20(15-32-24)26(37)12-18-10-21(11-18)19-6-4-3-5-7-19/h3-9,13,15-18,21H,10-12,14H2,1-2H3/t17-,18?,21?/m1/s1. The molecular formula is C29H27F2N5O3. The zero-order chi connectivity index (χ0) is 27.5. The van der Waals surface area contributed by atoms with Gasteiger partial charge in [0.2, 0.25) is 5.95 Å². The van der Waals surface area contributed by atoms with Gasteiger partial charge in [0.25, 0.3) is 0 Å². The van der Waals surface area contributed by atoms with Gasteiger partial charge in [0.05, 0.1) is 29.6 Å². The maximum atomic E-state index is 13.9. The summed E-state index contributed by atoms with van der Waals surface area (Å²) >= 11 is 0. The molecule has 1 fully saturated rings. The molecule has 3 heterocycles. The Bertz CT molecular complexity index is 1480. The van der Waals surface area contributed by atoms with E-state index in [9.17, 15) is 18.4 Å². The number of ether oxygens (including phenoxy) is 1. The number of aryl methyl sites for hydroxylation is 1. The van der Waals surface area contributed by atoms with Gasteiger partial charge in [-0.1, -0.05) is 35.5 Å². The van der Waals surface area contributed by atoms with Crippen molar-refractivity contribution in [3.05, 3.63) is 95.1 Å². The lowest BCUT2D eigenvalue weighted by molar-refractivity contribution is -0.148. The highest BCUT2D eigenvalue weighted by molar-refractivity contribution is 5.96. The molecule has 10 heteroatoms. The van der Waals surface area contributed by atoms with E-state index in [0.29, 0.717) is 40.9 Å². The van der Waals surface area contributed by atoms with Gasteiger partial charge in [-0.2, -0.15) is 4.39 Å². The summed E-state index contributed by atoms with van der Waals surface area (Å²) in [6.07, 6.45) is 3.48. The fraction of sp³-hybridized carbons (Fsp3) is 0.310. The van der Waals surface area contributed by atoms with E-state index < -0.39 is 23.8 Å². The number of carbonyl (C=O) groups is 2. The van der Waals surface area contributed by atoms with Crippen molar-refractivity contribution < 1.29 is 23.1 Å². The number of halogens is 2. The monoisotopic (exact) mass is 531 g/mol. The van der Waals surface area contributed by atoms with E-state index in [4.69, 9.17) is 4.74 Å². The lowest BCUT2D eigenvalue weighted by Crippen LogP contribution is -2.24. The highest BCUT2D eigenvalue weighted by Crippen LogP contribution is 2.43. The van der Waals surface area contributed by atoms with E-state index in [2.05, 4.69) is 32.4 Å². The van der Waals surface area contributed by atoms with Crippen molar-refractivity contribution in [2.75, 3.05) is 0 Å². The van der Waals surface area contributed by atoms with Crippen LogP contribution in [0.2, 0.25) is 0 Å². The number of hydrogen-bond acceptors (Lipinski definition) is 7. The van der Waals surface area contributed by atoms with Crippen molar-refractivity contribution >= 4 is 11.8 Å². The van der Waals surface area contributed by atoms with Crippen LogP contribution in [0.1, 0.15) is 65.4 Å². The Morgan fingerprint density at radius 3 is 2.56 bits per heavy atom. The van der Waals surface area contributed by atoms with Gasteiger partial charge < -0.3 is 4.74 Å². The molecule has 0 amide bonds. The minimum Gasteiger partial charge on any atom is -0.457 e. The highest BCUT2D eigenvalue weighted by atomic mass is 19.1. The largest absolute Gasteiger partial charge is 0.457 e. The molecule has 5 rings (SSSR count). The molecule has 1 saturated carbocycles. The third-order valence-corrected chi connectivity index (χ3v) is 7.14. The summed E-state index contributed by atoms with van der Waals surface area (Å²) in [5.74, 6) is -1.41. The zero-order valence-electron chi connectivity index (χ0n) is 21.6. The maximum Gasteiger partial charge on any atom is 0.312 e. The molecule has 1 aliphatic rings. The summed E-state index contributed by atoms with van der Waals surface area (Å²) in [6, 6.07) is 14.7. The lowest BCUT2D eigenvalue weighted by Gasteiger charge is -2.35. The normalized spacial score (nSPS) is 17.3. The first kappa shape index (κ1) is 26.3. The number of ketones is 1. The molecule has 0 saturated heterocycles. The van der Waals surface area contributed by atoms with Crippen LogP contribution in [0.3, 0.4) is 0 Å². The summed E-state index contributed by atoms with van der Waals surface area (Å²) in [6.45, 7) is 1.43. The molecule has 0 radical (unpaired) electrons. The first-order valence-electron chi connectivity index (χ1n) is 12.7. The van der Waals surface area contributed by atoms with Gasteiger partial charge in [-0.25, -0.2) is 9.37 Å². The average Bonchev–Trinajstić information content (AvgIpc) is 3.27. The SMILES string of the molecule is C[C@@H](OC(=O)Cc1c(-c2ccc(C(=O)CC3CC(c4ccccc4)C3)cn2)nnn1C)c1cc(F)cnc1F. The molecule has 0 unspecified atom stereocenters. The van der Waals surface area contributed by atoms with Crippen LogP contribution in [0, 0.1) is 17.7 Å². The van der Waals surface area contributed by atoms with Crippen LogP contribution in [-0.2, 0) is 23.0 Å². The Balaban J connectivity index is 1.20. The number of carbonyl (C=O) groups excluding carboxylic acids is 2. The average molecular weight is 532 g/mol. The quantitative estimate of drug-likeness (QED) is 0.167. The summed E-state index contributed by atoms with van der Waals surface area (Å²) in [7, 11) is 1.62. The Morgan fingerprint density at radius 2 is 1.85 bits per heavy atom. The van der Waals surface area contributed by atoms with Gasteiger partial charge in [0.1, 0.15) is 17.6 Å². The minimum absolute atomic E-state index is 0.0431. The van der Waals surface area contributed by atoms with Crippen LogP contribution in [0.25, 0.3) is 11.4 Å². The predicted molar refractivity (Wildman–Crippen MR) is 137 cm³/mol. The third-order valence-electron chi connectivity index (χ3n) is 7.14. The van der Waals surface area contributed by atoms with Crippen LogP contribution in [0.4, 0.5) is 8.78 Å². The maximum absolute atomic E-state index is 13.9. The molecule has 1 atom stereocenters. The Morgan fingerprint density at radius 1 is 1.08 bits per heavy atom. The van der Waals surface area contributed by atoms with E-state index >= 15 is 0 Å². The molecule has 200 valence electrons. The van der Waals surface area contributed by atoms with Crippen LogP contribution in [0.15, 0.2) is 60.9 Å². The van der Waals surface area contributed by atoms with Crippen molar-refractivity contribution in [1.29, 1.82) is 0 Å². The molecule has 0 N–H and O–H groups in total. The minimum atomic E-state index is -1.05. The van der Waals surface area contributed by atoms with Crippen molar-refractivity contribution in [1.82, 2.24) is 25.0 Å². The highest BCUT2D eigenvalue weighted by Gasteiger charge is 2.32. The number of rotatable bonds is 9. The van der Waals surface area contributed by atoms with Gasteiger partial charge in [0.15, 0.2) is 5.78 Å². The van der Waals surface area contributed by atoms with Crippen molar-refractivity contribution in [2.24, 2.45) is 13.0 Å². The molecule has 4 aromatic rings. The summed E-state index contributed by atoms with van der Waals surface area (Å²) in [4.78, 5) is 33.2. The summed E-state index contributed by atoms with van der Waals surface area (Å²) < 4.78 is 34.1. The van der Waals surface area contributed by atoms with Crippen LogP contribution >= 0.6 is 0 Å². The van der Waals surface area contributed by atoms with Gasteiger partial charge in [-0.15, -0.1) is 5.10 Å². The van der Waals surface area contributed by atoms with Crippen molar-refractivity contribution in [3.8, 4) is 11.4 Å². The Hall–Kier alpha value is -4.34. The number of pyridine rings is 2. The van der Waals surface area contributed by atoms with E-state index in [1.807, 2.05) is 18.2 Å². The number of nitrogens with zero attached hydrogens (tertiary/aromatic N) is 5. The van der Waals surface area contributed by atoms with E-state index in [1.165, 1.54) is 23.4 Å². The van der Waals surface area contributed by atoms with Crippen LogP contribution in [-0.4, -0.2) is 36.7 Å². The first-order chi connectivity index (χ1) is 18.8. The molecule has 0 aliphatic heterocycles. The lowest BCUT2D eigenvalue weighted by atomic mass is 9.69. The summed E-state index contributed by atoms with van der Waals surface area (Å²) in [5, 5.41) is 8.11. The van der Waals surface area contributed by atoms with Gasteiger partial charge in [-0.05, 0) is 55.4 Å². The van der Waals surface area contributed by atoms with Gasteiger partial charge in [0, 0.05) is 25.2 Å². The predicted octanol–water partition coefficient (Wildman–Crippen LogP) is 5.16. The molecule has 1 aliphatic carbocycles. The number of aromatic nitrogens is 5. The third kappa shape index (κ3) is 5.89. The smallest absolute Gasteiger partial charge is 0.312 e. The second kappa shape index (κ2) is 11.2. The van der Waals surface area contributed by atoms with E-state index in [-0.39, 0.29) is 17.8 Å². The van der Waals surface area contributed by atoms with Crippen LogP contribution in [0.5, 0.6) is 0 Å². The number of hydrogen-bond donors (Lipinski definition) is 0. The van der Waals surface area contributed by atoms with Gasteiger partial charge in [-0.3, -0.25) is 19.3 Å². The zero-order valence-corrected chi connectivity index (χ0v) is 21.6. The fourth-order valence-corrected chi connectivity index (χ4v) is 4.91. The number of benzene rings is 1. The summed E-state index contributed by atoms with van der Waals surface area (Å²) in [5.41, 5.74) is 2.92. The molecule has 3 aromatic heterocycles. The second-order valence-electron chi connectivity index (χ2n) is 9.86. The van der Waals surface area contributed by atoms with E-state index in [0.717, 1.165) is 25.1 Å². The number of esters is 1. The fourth-order valence-electron chi connectivity index (χ4n) is 4.91. The number of Topliss-reactive ketones (excluding diaryl/α,β-unsaturated/α-hetero) is 1. The van der Waals surface area contributed by atoms with E-state index in [1.54, 1.807) is 19.2 Å². The Kier molecular flexibility index (Phi) is 7.53. The Labute approximate surface area is 224 Å². The molecule has 0 bridgehead atoms. The molecule has 0 spiro atoms.